The van der Waals surface area contributed by atoms with Gasteiger partial charge in [0.15, 0.2) is 0 Å². The molecule has 1 aliphatic carbocycles. The lowest BCUT2D eigenvalue weighted by atomic mass is 9.86. The van der Waals surface area contributed by atoms with E-state index in [9.17, 15) is 4.79 Å². The van der Waals surface area contributed by atoms with Crippen LogP contribution < -0.4 is 4.90 Å². The van der Waals surface area contributed by atoms with E-state index in [0.29, 0.717) is 0 Å². The van der Waals surface area contributed by atoms with Crippen molar-refractivity contribution in [3.05, 3.63) is 29.3 Å². The second kappa shape index (κ2) is 4.95. The van der Waals surface area contributed by atoms with Gasteiger partial charge in [0.2, 0.25) is 6.08 Å². The Labute approximate surface area is 109 Å². The van der Waals surface area contributed by atoms with Crippen molar-refractivity contribution in [3.63, 3.8) is 0 Å². The average Bonchev–Trinajstić information content (AvgIpc) is 2.79. The maximum atomic E-state index is 10.8. The molecule has 0 bridgehead atoms. The maximum absolute atomic E-state index is 10.8. The SMILES string of the molecule is Cc1ccc(N(C)C)c(C2(N=C=O)CCCC2)c1. The number of nitrogens with zero attached hydrogens (tertiary/aromatic N) is 2. The molecule has 0 atom stereocenters. The summed E-state index contributed by atoms with van der Waals surface area (Å²) in [5, 5.41) is 0. The molecule has 0 N–H and O–H groups in total. The standard InChI is InChI=1S/C15H20N2O/c1-12-6-7-14(17(2)3)13(10-12)15(16-11-18)8-4-5-9-15/h6-7,10H,4-5,8-9H2,1-3H3. The molecule has 0 aliphatic heterocycles. The maximum Gasteiger partial charge on any atom is 0.235 e. The Kier molecular flexibility index (Phi) is 3.53. The van der Waals surface area contributed by atoms with Gasteiger partial charge in [-0.15, -0.1) is 0 Å². The molecular formula is C15H20N2O. The Morgan fingerprint density at radius 1 is 1.28 bits per heavy atom. The number of hydrogen-bond donors (Lipinski definition) is 0. The first kappa shape index (κ1) is 12.8. The molecule has 0 heterocycles. The number of isocyanates is 1. The fourth-order valence-electron chi connectivity index (χ4n) is 2.90. The van der Waals surface area contributed by atoms with E-state index in [0.717, 1.165) is 31.4 Å². The Bertz CT molecular complexity index is 481. The van der Waals surface area contributed by atoms with Gasteiger partial charge in [0.1, 0.15) is 5.54 Å². The molecule has 96 valence electrons. The molecule has 2 rings (SSSR count). The lowest BCUT2D eigenvalue weighted by Gasteiger charge is -2.29. The Morgan fingerprint density at radius 2 is 1.94 bits per heavy atom. The van der Waals surface area contributed by atoms with E-state index in [2.05, 4.69) is 35.0 Å². The van der Waals surface area contributed by atoms with Crippen LogP contribution in [0.15, 0.2) is 23.2 Å². The van der Waals surface area contributed by atoms with Crippen LogP contribution in [-0.2, 0) is 10.3 Å². The zero-order valence-electron chi connectivity index (χ0n) is 11.4. The van der Waals surface area contributed by atoms with Gasteiger partial charge in [-0.05, 0) is 25.8 Å². The molecule has 1 aliphatic rings. The van der Waals surface area contributed by atoms with Gasteiger partial charge in [-0.1, -0.05) is 30.5 Å². The molecule has 18 heavy (non-hydrogen) atoms. The van der Waals surface area contributed by atoms with Crippen LogP contribution in [-0.4, -0.2) is 20.2 Å². The van der Waals surface area contributed by atoms with Crippen LogP contribution >= 0.6 is 0 Å². The van der Waals surface area contributed by atoms with Crippen molar-refractivity contribution in [1.29, 1.82) is 0 Å². The van der Waals surface area contributed by atoms with Crippen LogP contribution in [0.25, 0.3) is 0 Å². The van der Waals surface area contributed by atoms with E-state index in [1.807, 2.05) is 14.1 Å². The highest BCUT2D eigenvalue weighted by Crippen LogP contribution is 2.45. The summed E-state index contributed by atoms with van der Waals surface area (Å²) in [6, 6.07) is 6.39. The van der Waals surface area contributed by atoms with E-state index in [4.69, 9.17) is 0 Å². The third-order valence-electron chi connectivity index (χ3n) is 3.83. The first-order valence-electron chi connectivity index (χ1n) is 6.46. The van der Waals surface area contributed by atoms with Gasteiger partial charge in [-0.2, -0.15) is 4.99 Å². The number of carbonyl (C=O) groups excluding carboxylic acids is 1. The summed E-state index contributed by atoms with van der Waals surface area (Å²) in [4.78, 5) is 17.1. The van der Waals surface area contributed by atoms with E-state index in [1.165, 1.54) is 11.1 Å². The minimum Gasteiger partial charge on any atom is -0.377 e. The van der Waals surface area contributed by atoms with Crippen LogP contribution in [0.5, 0.6) is 0 Å². The van der Waals surface area contributed by atoms with E-state index in [-0.39, 0.29) is 5.54 Å². The van der Waals surface area contributed by atoms with E-state index >= 15 is 0 Å². The lowest BCUT2D eigenvalue weighted by Crippen LogP contribution is -2.23. The van der Waals surface area contributed by atoms with Gasteiger partial charge in [-0.25, -0.2) is 4.79 Å². The number of hydrogen-bond acceptors (Lipinski definition) is 3. The molecule has 0 saturated heterocycles. The summed E-state index contributed by atoms with van der Waals surface area (Å²) in [7, 11) is 4.06. The first-order valence-corrected chi connectivity index (χ1v) is 6.46. The molecule has 3 nitrogen and oxygen atoms in total. The number of anilines is 1. The van der Waals surface area contributed by atoms with Gasteiger partial charge >= 0.3 is 0 Å². The topological polar surface area (TPSA) is 32.7 Å². The van der Waals surface area contributed by atoms with Crippen molar-refractivity contribution in [2.24, 2.45) is 4.99 Å². The second-order valence-corrected chi connectivity index (χ2v) is 5.36. The fraction of sp³-hybridized carbons (Fsp3) is 0.533. The largest absolute Gasteiger partial charge is 0.377 e. The third kappa shape index (κ3) is 2.19. The predicted octanol–water partition coefficient (Wildman–Crippen LogP) is 3.17. The Morgan fingerprint density at radius 3 is 2.50 bits per heavy atom. The summed E-state index contributed by atoms with van der Waals surface area (Å²) in [5.74, 6) is 0. The smallest absolute Gasteiger partial charge is 0.235 e. The molecular weight excluding hydrogens is 224 g/mol. The van der Waals surface area contributed by atoms with Gasteiger partial charge in [0.05, 0.1) is 0 Å². The molecule has 0 radical (unpaired) electrons. The molecule has 0 unspecified atom stereocenters. The van der Waals surface area contributed by atoms with Crippen molar-refractivity contribution in [3.8, 4) is 0 Å². The van der Waals surface area contributed by atoms with Crippen LogP contribution in [0.3, 0.4) is 0 Å². The fourth-order valence-corrected chi connectivity index (χ4v) is 2.90. The van der Waals surface area contributed by atoms with E-state index < -0.39 is 0 Å². The van der Waals surface area contributed by atoms with Crippen molar-refractivity contribution >= 4 is 11.8 Å². The van der Waals surface area contributed by atoms with Gasteiger partial charge in [-0.3, -0.25) is 0 Å². The zero-order valence-corrected chi connectivity index (χ0v) is 11.4. The molecule has 0 amide bonds. The predicted molar refractivity (Wildman–Crippen MR) is 73.8 cm³/mol. The molecule has 3 heteroatoms. The Balaban J connectivity index is 2.59. The highest BCUT2D eigenvalue weighted by atomic mass is 16.1. The normalized spacial score (nSPS) is 17.3. The number of aliphatic imine (C=N–C) groups is 1. The zero-order chi connectivity index (χ0) is 13.2. The van der Waals surface area contributed by atoms with Gasteiger partial charge < -0.3 is 4.90 Å². The third-order valence-corrected chi connectivity index (χ3v) is 3.83. The highest BCUT2D eigenvalue weighted by molar-refractivity contribution is 5.58. The molecule has 0 spiro atoms. The van der Waals surface area contributed by atoms with Crippen LogP contribution in [0.2, 0.25) is 0 Å². The summed E-state index contributed by atoms with van der Waals surface area (Å²) in [6.45, 7) is 2.08. The van der Waals surface area contributed by atoms with Gasteiger partial charge in [0, 0.05) is 25.3 Å². The molecule has 1 saturated carbocycles. The van der Waals surface area contributed by atoms with E-state index in [1.54, 1.807) is 6.08 Å². The minimum absolute atomic E-state index is 0.340. The number of aryl methyl sites for hydroxylation is 1. The van der Waals surface area contributed by atoms with Crippen molar-refractivity contribution in [2.75, 3.05) is 19.0 Å². The monoisotopic (exact) mass is 244 g/mol. The second-order valence-electron chi connectivity index (χ2n) is 5.36. The molecule has 1 fully saturated rings. The van der Waals surface area contributed by atoms with Crippen LogP contribution in [0, 0.1) is 6.92 Å². The lowest BCUT2D eigenvalue weighted by molar-refractivity contribution is 0.456. The van der Waals surface area contributed by atoms with Gasteiger partial charge in [0.25, 0.3) is 0 Å². The molecule has 1 aromatic carbocycles. The summed E-state index contributed by atoms with van der Waals surface area (Å²) in [5.41, 5.74) is 3.20. The summed E-state index contributed by atoms with van der Waals surface area (Å²) >= 11 is 0. The summed E-state index contributed by atoms with van der Waals surface area (Å²) in [6.07, 6.45) is 5.95. The number of rotatable bonds is 3. The van der Waals surface area contributed by atoms with Crippen LogP contribution in [0.1, 0.15) is 36.8 Å². The van der Waals surface area contributed by atoms with Crippen molar-refractivity contribution in [1.82, 2.24) is 0 Å². The molecule has 1 aromatic rings. The first-order chi connectivity index (χ1) is 8.59. The highest BCUT2D eigenvalue weighted by Gasteiger charge is 2.37. The Hall–Kier alpha value is -1.60. The van der Waals surface area contributed by atoms with Crippen LogP contribution in [0.4, 0.5) is 5.69 Å². The minimum atomic E-state index is -0.340. The molecule has 0 aromatic heterocycles. The average molecular weight is 244 g/mol. The number of benzene rings is 1. The quantitative estimate of drug-likeness (QED) is 0.604. The summed E-state index contributed by atoms with van der Waals surface area (Å²) < 4.78 is 0. The van der Waals surface area contributed by atoms with Crippen molar-refractivity contribution < 1.29 is 4.79 Å². The van der Waals surface area contributed by atoms with Crippen molar-refractivity contribution in [2.45, 2.75) is 38.1 Å².